The minimum atomic E-state index is -0.760. The molecule has 0 unspecified atom stereocenters. The van der Waals surface area contributed by atoms with Crippen molar-refractivity contribution in [1.29, 1.82) is 0 Å². The van der Waals surface area contributed by atoms with Crippen molar-refractivity contribution in [2.75, 3.05) is 0 Å². The predicted molar refractivity (Wildman–Crippen MR) is 70.0 cm³/mol. The molecule has 1 N–H and O–H groups in total. The van der Waals surface area contributed by atoms with Crippen LogP contribution in [-0.2, 0) is 11.3 Å². The molecule has 0 aliphatic rings. The molecule has 0 radical (unpaired) electrons. The van der Waals surface area contributed by atoms with Gasteiger partial charge >= 0.3 is 11.2 Å². The number of aromatic nitrogens is 1. The van der Waals surface area contributed by atoms with Crippen LogP contribution in [0.2, 0.25) is 0 Å². The highest BCUT2D eigenvalue weighted by Crippen LogP contribution is 2.05. The van der Waals surface area contributed by atoms with E-state index in [1.54, 1.807) is 6.92 Å². The lowest BCUT2D eigenvalue weighted by Gasteiger charge is -2.13. The molecule has 1 atom stereocenters. The average Bonchev–Trinajstić information content (AvgIpc) is 2.33. The summed E-state index contributed by atoms with van der Waals surface area (Å²) < 4.78 is 1.11. The van der Waals surface area contributed by atoms with Gasteiger partial charge in [-0.2, -0.15) is 0 Å². The minimum Gasteiger partial charge on any atom is -0.352 e. The van der Waals surface area contributed by atoms with E-state index in [2.05, 4.69) is 5.32 Å². The third-order valence-electron chi connectivity index (χ3n) is 2.89. The first-order chi connectivity index (χ1) is 8.86. The number of aryl methyl sites for hydroxylation is 1. The van der Waals surface area contributed by atoms with Crippen molar-refractivity contribution in [3.8, 4) is 0 Å². The van der Waals surface area contributed by atoms with Crippen LogP contribution in [0.3, 0.4) is 0 Å². The van der Waals surface area contributed by atoms with E-state index in [0.29, 0.717) is 5.69 Å². The molecule has 0 saturated heterocycles. The monoisotopic (exact) mass is 267 g/mol. The fourth-order valence-corrected chi connectivity index (χ4v) is 1.56. The zero-order chi connectivity index (χ0) is 14.6. The van der Waals surface area contributed by atoms with E-state index in [-0.39, 0.29) is 18.5 Å². The van der Waals surface area contributed by atoms with Crippen molar-refractivity contribution in [3.05, 3.63) is 38.3 Å². The van der Waals surface area contributed by atoms with Gasteiger partial charge in [0.05, 0.1) is 4.92 Å². The Hall–Kier alpha value is -2.18. The van der Waals surface area contributed by atoms with Gasteiger partial charge in [-0.05, 0) is 26.3 Å². The average molecular weight is 267 g/mol. The standard InChI is InChI=1S/C12H17N3O4/c1-4-8(2)13-11(16)7-14-9(3)5-6-10(12(14)17)15(18)19/h5-6,8H,4,7H2,1-3H3,(H,13,16)/t8-/m0/s1. The first kappa shape index (κ1) is 14.9. The van der Waals surface area contributed by atoms with Gasteiger partial charge in [0.2, 0.25) is 5.91 Å². The van der Waals surface area contributed by atoms with Crippen LogP contribution >= 0.6 is 0 Å². The lowest BCUT2D eigenvalue weighted by Crippen LogP contribution is -2.38. The summed E-state index contributed by atoms with van der Waals surface area (Å²) in [6.07, 6.45) is 0.772. The van der Waals surface area contributed by atoms with Crippen LogP contribution in [0.5, 0.6) is 0 Å². The number of nitrogens with zero attached hydrogens (tertiary/aromatic N) is 2. The second-order valence-electron chi connectivity index (χ2n) is 4.39. The molecular formula is C12H17N3O4. The van der Waals surface area contributed by atoms with E-state index in [4.69, 9.17) is 0 Å². The third kappa shape index (κ3) is 3.64. The Morgan fingerprint density at radius 1 is 1.53 bits per heavy atom. The Kier molecular flexibility index (Phi) is 4.80. The Bertz CT molecular complexity index is 550. The number of hydrogen-bond acceptors (Lipinski definition) is 4. The number of hydrogen-bond donors (Lipinski definition) is 1. The summed E-state index contributed by atoms with van der Waals surface area (Å²) in [6, 6.07) is 2.61. The summed E-state index contributed by atoms with van der Waals surface area (Å²) in [5.41, 5.74) is -0.777. The highest BCUT2D eigenvalue weighted by atomic mass is 16.6. The topological polar surface area (TPSA) is 94.2 Å². The van der Waals surface area contributed by atoms with Crippen molar-refractivity contribution in [3.63, 3.8) is 0 Å². The van der Waals surface area contributed by atoms with Gasteiger partial charge < -0.3 is 5.32 Å². The van der Waals surface area contributed by atoms with Crippen molar-refractivity contribution < 1.29 is 9.72 Å². The zero-order valence-electron chi connectivity index (χ0n) is 11.2. The maximum absolute atomic E-state index is 11.9. The SMILES string of the molecule is CC[C@H](C)NC(=O)Cn1c(C)ccc([N+](=O)[O-])c1=O. The van der Waals surface area contributed by atoms with Crippen LogP contribution in [0.15, 0.2) is 16.9 Å². The summed E-state index contributed by atoms with van der Waals surface area (Å²) in [5, 5.41) is 13.4. The fourth-order valence-electron chi connectivity index (χ4n) is 1.56. The van der Waals surface area contributed by atoms with E-state index in [1.165, 1.54) is 6.07 Å². The van der Waals surface area contributed by atoms with E-state index in [0.717, 1.165) is 17.1 Å². The molecule has 19 heavy (non-hydrogen) atoms. The summed E-state index contributed by atoms with van der Waals surface area (Å²) in [5.74, 6) is -0.333. The van der Waals surface area contributed by atoms with Gasteiger partial charge in [-0.1, -0.05) is 6.92 Å². The lowest BCUT2D eigenvalue weighted by molar-refractivity contribution is -0.386. The van der Waals surface area contributed by atoms with Crippen LogP contribution in [0.4, 0.5) is 5.69 Å². The van der Waals surface area contributed by atoms with E-state index in [1.807, 2.05) is 13.8 Å². The summed E-state index contributed by atoms with van der Waals surface area (Å²) in [4.78, 5) is 33.5. The van der Waals surface area contributed by atoms with E-state index < -0.39 is 16.2 Å². The molecule has 0 aliphatic carbocycles. The molecule has 0 saturated carbocycles. The van der Waals surface area contributed by atoms with Crippen molar-refractivity contribution in [2.45, 2.75) is 39.8 Å². The molecule has 1 aromatic heterocycles. The molecule has 7 nitrogen and oxygen atoms in total. The molecule has 1 aromatic rings. The van der Waals surface area contributed by atoms with Gasteiger partial charge in [-0.15, -0.1) is 0 Å². The maximum atomic E-state index is 11.9. The van der Waals surface area contributed by atoms with Crippen LogP contribution in [0, 0.1) is 17.0 Å². The van der Waals surface area contributed by atoms with E-state index >= 15 is 0 Å². The summed E-state index contributed by atoms with van der Waals surface area (Å²) in [6.45, 7) is 5.19. The number of nitro groups is 1. The third-order valence-corrected chi connectivity index (χ3v) is 2.89. The second-order valence-corrected chi connectivity index (χ2v) is 4.39. The van der Waals surface area contributed by atoms with Crippen molar-refractivity contribution >= 4 is 11.6 Å². The molecule has 104 valence electrons. The molecule has 0 bridgehead atoms. The normalized spacial score (nSPS) is 11.9. The Balaban J connectivity index is 3.01. The van der Waals surface area contributed by atoms with Crippen LogP contribution in [0.25, 0.3) is 0 Å². The molecule has 7 heteroatoms. The molecule has 0 aromatic carbocycles. The Morgan fingerprint density at radius 2 is 2.16 bits per heavy atom. The second kappa shape index (κ2) is 6.12. The first-order valence-corrected chi connectivity index (χ1v) is 6.01. The smallest absolute Gasteiger partial charge is 0.334 e. The predicted octanol–water partition coefficient (Wildman–Crippen LogP) is 0.980. The van der Waals surface area contributed by atoms with E-state index in [9.17, 15) is 19.7 Å². The quantitative estimate of drug-likeness (QED) is 0.635. The highest BCUT2D eigenvalue weighted by molar-refractivity contribution is 5.76. The van der Waals surface area contributed by atoms with Gasteiger partial charge in [0.15, 0.2) is 0 Å². The Labute approximate surface area is 110 Å². The van der Waals surface area contributed by atoms with Crippen molar-refractivity contribution in [2.24, 2.45) is 0 Å². The van der Waals surface area contributed by atoms with Gasteiger partial charge in [-0.25, -0.2) is 0 Å². The van der Waals surface area contributed by atoms with Gasteiger partial charge in [0.1, 0.15) is 6.54 Å². The molecule has 0 spiro atoms. The van der Waals surface area contributed by atoms with Gasteiger partial charge in [-0.3, -0.25) is 24.3 Å². The molecular weight excluding hydrogens is 250 g/mol. The number of carbonyl (C=O) groups is 1. The Morgan fingerprint density at radius 3 is 2.68 bits per heavy atom. The lowest BCUT2D eigenvalue weighted by atomic mass is 10.2. The van der Waals surface area contributed by atoms with Crippen molar-refractivity contribution in [1.82, 2.24) is 9.88 Å². The number of carbonyl (C=O) groups excluding carboxylic acids is 1. The number of nitrogens with one attached hydrogen (secondary N) is 1. The molecule has 0 fully saturated rings. The van der Waals surface area contributed by atoms with Gasteiger partial charge in [0, 0.05) is 17.8 Å². The summed E-state index contributed by atoms with van der Waals surface area (Å²) >= 11 is 0. The number of amides is 1. The largest absolute Gasteiger partial charge is 0.352 e. The number of rotatable bonds is 5. The molecule has 0 aliphatic heterocycles. The molecule has 1 heterocycles. The minimum absolute atomic E-state index is 0.00204. The molecule has 1 amide bonds. The summed E-state index contributed by atoms with van der Waals surface area (Å²) in [7, 11) is 0. The number of pyridine rings is 1. The first-order valence-electron chi connectivity index (χ1n) is 6.01. The van der Waals surface area contributed by atoms with Crippen LogP contribution in [-0.4, -0.2) is 21.4 Å². The maximum Gasteiger partial charge on any atom is 0.334 e. The zero-order valence-corrected chi connectivity index (χ0v) is 11.2. The van der Waals surface area contributed by atoms with Crippen LogP contribution in [0.1, 0.15) is 26.0 Å². The highest BCUT2D eigenvalue weighted by Gasteiger charge is 2.17. The fraction of sp³-hybridized carbons (Fsp3) is 0.500. The molecule has 1 rings (SSSR count). The van der Waals surface area contributed by atoms with Crippen LogP contribution < -0.4 is 10.9 Å². The van der Waals surface area contributed by atoms with Gasteiger partial charge in [0.25, 0.3) is 0 Å².